The molecular formula is C17H16N4O. The molecule has 5 rings (SSSR count). The zero-order valence-electron chi connectivity index (χ0n) is 12.0. The van der Waals surface area contributed by atoms with Gasteiger partial charge < -0.3 is 9.67 Å². The van der Waals surface area contributed by atoms with Gasteiger partial charge in [-0.05, 0) is 18.1 Å². The lowest BCUT2D eigenvalue weighted by Gasteiger charge is -2.34. The standard InChI is InChI=1S/C17H16N4O/c22-17-13(6-8-21-14(17)5-7-19-21)16-12-4-2-1-3-11(12)15-9-18-10-20(15)16/h1-5,7,9-10,13,16-17,22H,6,8H2. The summed E-state index contributed by atoms with van der Waals surface area (Å²) in [5.74, 6) is 0.140. The number of rotatable bonds is 1. The quantitative estimate of drug-likeness (QED) is 0.749. The first-order valence-corrected chi connectivity index (χ1v) is 7.65. The average molecular weight is 292 g/mol. The van der Waals surface area contributed by atoms with Crippen LogP contribution in [0, 0.1) is 5.92 Å². The van der Waals surface area contributed by atoms with Crippen molar-refractivity contribution in [2.75, 3.05) is 0 Å². The second-order valence-corrected chi connectivity index (χ2v) is 6.09. The molecule has 1 aromatic carbocycles. The summed E-state index contributed by atoms with van der Waals surface area (Å²) < 4.78 is 4.13. The zero-order chi connectivity index (χ0) is 14.7. The SMILES string of the molecule is OC1c2ccnn2CCC1C1c2ccccc2-c2cncn21. The fourth-order valence-corrected chi connectivity index (χ4v) is 4.07. The van der Waals surface area contributed by atoms with Crippen LogP contribution >= 0.6 is 0 Å². The Morgan fingerprint density at radius 2 is 2.09 bits per heavy atom. The van der Waals surface area contributed by atoms with Crippen LogP contribution in [0.25, 0.3) is 11.3 Å². The summed E-state index contributed by atoms with van der Waals surface area (Å²) >= 11 is 0. The number of aromatic nitrogens is 4. The molecule has 0 spiro atoms. The molecule has 110 valence electrons. The van der Waals surface area contributed by atoms with Crippen molar-refractivity contribution in [3.63, 3.8) is 0 Å². The molecule has 3 aromatic rings. The highest BCUT2D eigenvalue weighted by Gasteiger charge is 2.40. The van der Waals surface area contributed by atoms with Gasteiger partial charge >= 0.3 is 0 Å². The normalized spacial score (nSPS) is 25.6. The van der Waals surface area contributed by atoms with Gasteiger partial charge in [0.05, 0.1) is 30.0 Å². The molecule has 5 nitrogen and oxygen atoms in total. The smallest absolute Gasteiger partial charge is 0.101 e. The van der Waals surface area contributed by atoms with E-state index in [2.05, 4.69) is 38.9 Å². The Labute approximate surface area is 127 Å². The number of fused-ring (bicyclic) bond motifs is 4. The minimum Gasteiger partial charge on any atom is -0.386 e. The van der Waals surface area contributed by atoms with Crippen molar-refractivity contribution in [1.29, 1.82) is 0 Å². The maximum atomic E-state index is 10.9. The van der Waals surface area contributed by atoms with Crippen molar-refractivity contribution in [1.82, 2.24) is 19.3 Å². The first-order chi connectivity index (χ1) is 10.8. The molecule has 0 fully saturated rings. The van der Waals surface area contributed by atoms with Gasteiger partial charge in [0.2, 0.25) is 0 Å². The van der Waals surface area contributed by atoms with E-state index in [-0.39, 0.29) is 12.0 Å². The van der Waals surface area contributed by atoms with E-state index in [0.29, 0.717) is 0 Å². The van der Waals surface area contributed by atoms with E-state index in [4.69, 9.17) is 0 Å². The molecule has 0 aliphatic carbocycles. The van der Waals surface area contributed by atoms with Gasteiger partial charge in [-0.1, -0.05) is 24.3 Å². The number of hydrogen-bond donors (Lipinski definition) is 1. The Kier molecular flexibility index (Phi) is 2.38. The van der Waals surface area contributed by atoms with E-state index in [1.54, 1.807) is 6.20 Å². The highest BCUT2D eigenvalue weighted by atomic mass is 16.3. The van der Waals surface area contributed by atoms with Crippen LogP contribution in [0.3, 0.4) is 0 Å². The number of aryl methyl sites for hydroxylation is 1. The minimum absolute atomic E-state index is 0.140. The summed E-state index contributed by atoms with van der Waals surface area (Å²) in [5, 5.41) is 15.1. The summed E-state index contributed by atoms with van der Waals surface area (Å²) in [5.41, 5.74) is 4.59. The Hall–Kier alpha value is -2.40. The lowest BCUT2D eigenvalue weighted by molar-refractivity contribution is 0.0525. The average Bonchev–Trinajstić information content (AvgIpc) is 3.23. The van der Waals surface area contributed by atoms with Gasteiger partial charge in [-0.25, -0.2) is 4.98 Å². The first kappa shape index (κ1) is 12.2. The maximum Gasteiger partial charge on any atom is 0.101 e. The predicted molar refractivity (Wildman–Crippen MR) is 81.1 cm³/mol. The van der Waals surface area contributed by atoms with Crippen molar-refractivity contribution in [3.8, 4) is 11.3 Å². The molecule has 2 aliphatic heterocycles. The fourth-order valence-electron chi connectivity index (χ4n) is 4.07. The van der Waals surface area contributed by atoms with Gasteiger partial charge in [0.1, 0.15) is 6.10 Å². The molecule has 0 amide bonds. The Bertz CT molecular complexity index is 850. The third kappa shape index (κ3) is 1.46. The third-order valence-corrected chi connectivity index (χ3v) is 5.06. The summed E-state index contributed by atoms with van der Waals surface area (Å²) in [6, 6.07) is 10.5. The monoisotopic (exact) mass is 292 g/mol. The highest BCUT2D eigenvalue weighted by Crippen LogP contribution is 2.48. The van der Waals surface area contributed by atoms with Crippen LogP contribution < -0.4 is 0 Å². The van der Waals surface area contributed by atoms with Crippen molar-refractivity contribution in [2.24, 2.45) is 5.92 Å². The van der Waals surface area contributed by atoms with Gasteiger partial charge in [0.15, 0.2) is 0 Å². The number of nitrogens with zero attached hydrogens (tertiary/aromatic N) is 4. The summed E-state index contributed by atoms with van der Waals surface area (Å²) in [6.07, 6.45) is 5.98. The lowest BCUT2D eigenvalue weighted by Crippen LogP contribution is -2.31. The topological polar surface area (TPSA) is 55.9 Å². The molecule has 5 heteroatoms. The largest absolute Gasteiger partial charge is 0.386 e. The van der Waals surface area contributed by atoms with E-state index in [1.165, 1.54) is 11.1 Å². The van der Waals surface area contributed by atoms with Gasteiger partial charge in [-0.2, -0.15) is 5.10 Å². The Morgan fingerprint density at radius 3 is 3.05 bits per heavy atom. The number of aliphatic hydroxyl groups is 1. The van der Waals surface area contributed by atoms with E-state index in [9.17, 15) is 5.11 Å². The van der Waals surface area contributed by atoms with E-state index >= 15 is 0 Å². The molecule has 22 heavy (non-hydrogen) atoms. The third-order valence-electron chi connectivity index (χ3n) is 5.06. The molecule has 2 aliphatic rings. The van der Waals surface area contributed by atoms with Gasteiger partial charge in [-0.3, -0.25) is 4.68 Å². The van der Waals surface area contributed by atoms with Gasteiger partial charge in [0.25, 0.3) is 0 Å². The van der Waals surface area contributed by atoms with Crippen molar-refractivity contribution < 1.29 is 5.11 Å². The van der Waals surface area contributed by atoms with Crippen molar-refractivity contribution >= 4 is 0 Å². The van der Waals surface area contributed by atoms with Crippen molar-refractivity contribution in [2.45, 2.75) is 25.1 Å². The molecule has 3 atom stereocenters. The maximum absolute atomic E-state index is 10.9. The van der Waals surface area contributed by atoms with E-state index in [1.807, 2.05) is 23.3 Å². The summed E-state index contributed by atoms with van der Waals surface area (Å²) in [6.45, 7) is 0.854. The summed E-state index contributed by atoms with van der Waals surface area (Å²) in [7, 11) is 0. The van der Waals surface area contributed by atoms with Gasteiger partial charge in [-0.15, -0.1) is 0 Å². The second kappa shape index (κ2) is 4.30. The second-order valence-electron chi connectivity index (χ2n) is 6.09. The number of benzene rings is 1. The Morgan fingerprint density at radius 1 is 1.18 bits per heavy atom. The highest BCUT2D eigenvalue weighted by molar-refractivity contribution is 5.69. The minimum atomic E-state index is -0.498. The van der Waals surface area contributed by atoms with Crippen LogP contribution in [-0.4, -0.2) is 24.4 Å². The van der Waals surface area contributed by atoms with Gasteiger partial charge in [0, 0.05) is 24.2 Å². The molecule has 0 saturated heterocycles. The van der Waals surface area contributed by atoms with Crippen LogP contribution in [0.1, 0.15) is 29.8 Å². The van der Waals surface area contributed by atoms with Crippen LogP contribution in [0.15, 0.2) is 49.1 Å². The predicted octanol–water partition coefficient (Wildman–Crippen LogP) is 2.40. The molecule has 2 aromatic heterocycles. The number of imidazole rings is 1. The number of hydrogen-bond acceptors (Lipinski definition) is 3. The molecule has 0 bridgehead atoms. The zero-order valence-corrected chi connectivity index (χ0v) is 12.0. The first-order valence-electron chi connectivity index (χ1n) is 7.65. The molecule has 3 unspecified atom stereocenters. The molecule has 4 heterocycles. The van der Waals surface area contributed by atoms with Crippen LogP contribution in [0.5, 0.6) is 0 Å². The van der Waals surface area contributed by atoms with E-state index in [0.717, 1.165) is 24.4 Å². The fraction of sp³-hybridized carbons (Fsp3) is 0.294. The molecule has 0 saturated carbocycles. The van der Waals surface area contributed by atoms with Crippen LogP contribution in [-0.2, 0) is 6.54 Å². The van der Waals surface area contributed by atoms with Crippen LogP contribution in [0.4, 0.5) is 0 Å². The lowest BCUT2D eigenvalue weighted by atomic mass is 9.83. The molecule has 0 radical (unpaired) electrons. The van der Waals surface area contributed by atoms with Crippen LogP contribution in [0.2, 0.25) is 0 Å². The summed E-state index contributed by atoms with van der Waals surface area (Å²) in [4.78, 5) is 4.31. The molecule has 1 N–H and O–H groups in total. The Balaban J connectivity index is 1.65. The van der Waals surface area contributed by atoms with Crippen molar-refractivity contribution in [3.05, 3.63) is 60.3 Å². The molecular weight excluding hydrogens is 276 g/mol. The van der Waals surface area contributed by atoms with E-state index < -0.39 is 6.10 Å². The number of aliphatic hydroxyl groups excluding tert-OH is 1.